The topological polar surface area (TPSA) is 35.5 Å². The minimum Gasteiger partial charge on any atom is -0.450 e. The third-order valence-corrected chi connectivity index (χ3v) is 6.51. The van der Waals surface area contributed by atoms with Gasteiger partial charge in [-0.2, -0.15) is 0 Å². The lowest BCUT2D eigenvalue weighted by Crippen LogP contribution is -1.80. The first kappa shape index (κ1) is 13.5. The Labute approximate surface area is 149 Å². The smallest absolute Gasteiger partial charge is 0.192 e. The van der Waals surface area contributed by atoms with Crippen LogP contribution in [0.25, 0.3) is 40.7 Å². The summed E-state index contributed by atoms with van der Waals surface area (Å²) in [5.74, 6) is 1.45. The van der Waals surface area contributed by atoms with Crippen molar-refractivity contribution in [3.05, 3.63) is 61.1 Å². The maximum absolute atomic E-state index is 6.24. The third kappa shape index (κ3) is 1.85. The van der Waals surface area contributed by atoms with E-state index in [0.717, 1.165) is 42.8 Å². The summed E-state index contributed by atoms with van der Waals surface area (Å²) in [6, 6.07) is 16.5. The molecule has 0 spiro atoms. The summed E-state index contributed by atoms with van der Waals surface area (Å²) in [5, 5.41) is 4.35. The second-order valence-electron chi connectivity index (χ2n) is 5.82. The van der Waals surface area contributed by atoms with E-state index >= 15 is 0 Å². The second kappa shape index (κ2) is 4.88. The highest BCUT2D eigenvalue weighted by atomic mass is 32.1. The van der Waals surface area contributed by atoms with Gasteiger partial charge in [-0.1, -0.05) is 59.1 Å². The molecule has 0 fully saturated rings. The molecule has 0 atom stereocenters. The molecule has 0 N–H and O–H groups in total. The highest BCUT2D eigenvalue weighted by Crippen LogP contribution is 2.46. The van der Waals surface area contributed by atoms with E-state index in [1.165, 1.54) is 9.40 Å². The van der Waals surface area contributed by atoms with Crippen molar-refractivity contribution in [2.24, 2.45) is 0 Å². The van der Waals surface area contributed by atoms with Crippen LogP contribution in [-0.4, -0.2) is 0 Å². The molecule has 0 aliphatic rings. The molecule has 0 bridgehead atoms. The lowest BCUT2D eigenvalue weighted by Gasteiger charge is -2.00. The van der Waals surface area contributed by atoms with Crippen molar-refractivity contribution in [3.8, 4) is 11.5 Å². The van der Waals surface area contributed by atoms with Crippen molar-refractivity contribution in [1.29, 1.82) is 0 Å². The van der Waals surface area contributed by atoms with E-state index in [1.54, 1.807) is 35.2 Å². The Morgan fingerprint density at radius 2 is 1.12 bits per heavy atom. The van der Waals surface area contributed by atoms with E-state index in [9.17, 15) is 0 Å². The molecule has 120 valence electrons. The Bertz CT molecular complexity index is 1270. The lowest BCUT2D eigenvalue weighted by atomic mass is 10.2. The van der Waals surface area contributed by atoms with Crippen molar-refractivity contribution in [1.82, 2.24) is 0 Å². The highest BCUT2D eigenvalue weighted by molar-refractivity contribution is 7.25. The van der Waals surface area contributed by atoms with Crippen LogP contribution in [0.4, 0.5) is 0 Å². The number of rotatable bonds is 2. The SMILES string of the molecule is c1ccc2c(c1)sc1occ(Oc3coc4sc5ccccc5c34)c12. The van der Waals surface area contributed by atoms with Crippen LogP contribution in [0.3, 0.4) is 0 Å². The van der Waals surface area contributed by atoms with Crippen molar-refractivity contribution in [2.45, 2.75) is 0 Å². The Hall–Kier alpha value is -2.76. The molecule has 6 aromatic rings. The zero-order chi connectivity index (χ0) is 16.4. The van der Waals surface area contributed by atoms with Gasteiger partial charge in [0.15, 0.2) is 21.3 Å². The van der Waals surface area contributed by atoms with Gasteiger partial charge in [-0.05, 0) is 12.1 Å². The quantitative estimate of drug-likeness (QED) is 0.322. The van der Waals surface area contributed by atoms with Crippen LogP contribution in [0.1, 0.15) is 0 Å². The number of thiophene rings is 2. The molecule has 0 radical (unpaired) electrons. The average Bonchev–Trinajstić information content (AvgIpc) is 3.36. The Kier molecular flexibility index (Phi) is 2.64. The van der Waals surface area contributed by atoms with E-state index in [0.29, 0.717) is 0 Å². The molecule has 0 saturated carbocycles. The Morgan fingerprint density at radius 1 is 0.640 bits per heavy atom. The first-order valence-corrected chi connectivity index (χ1v) is 9.47. The lowest BCUT2D eigenvalue weighted by molar-refractivity contribution is 0.465. The van der Waals surface area contributed by atoms with Gasteiger partial charge in [-0.15, -0.1) is 0 Å². The third-order valence-electron chi connectivity index (χ3n) is 4.39. The molecule has 2 aromatic carbocycles. The first-order valence-electron chi connectivity index (χ1n) is 7.84. The molecule has 4 heterocycles. The number of hydrogen-bond acceptors (Lipinski definition) is 5. The molecule has 0 aliphatic carbocycles. The van der Waals surface area contributed by atoms with Gasteiger partial charge < -0.3 is 13.6 Å². The summed E-state index contributed by atoms with van der Waals surface area (Å²) in [7, 11) is 0. The van der Waals surface area contributed by atoms with Crippen molar-refractivity contribution in [3.63, 3.8) is 0 Å². The van der Waals surface area contributed by atoms with Crippen LogP contribution in [0, 0.1) is 0 Å². The van der Waals surface area contributed by atoms with Gasteiger partial charge >= 0.3 is 0 Å². The van der Waals surface area contributed by atoms with Crippen LogP contribution in [-0.2, 0) is 0 Å². The maximum atomic E-state index is 6.24. The van der Waals surface area contributed by atoms with Crippen molar-refractivity contribution < 1.29 is 13.6 Å². The van der Waals surface area contributed by atoms with Gasteiger partial charge in [0.25, 0.3) is 0 Å². The standard InChI is InChI=1S/C20H10O3S2/c1-3-7-15-11(5-1)17-13(9-21-19(17)24-15)23-14-10-22-20-18(14)12-6-2-4-8-16(12)25-20/h1-10H. The Morgan fingerprint density at radius 3 is 1.64 bits per heavy atom. The number of furan rings is 2. The molecule has 25 heavy (non-hydrogen) atoms. The summed E-state index contributed by atoms with van der Waals surface area (Å²) in [4.78, 5) is 1.76. The van der Waals surface area contributed by atoms with Crippen LogP contribution in [0.5, 0.6) is 11.5 Å². The summed E-state index contributed by atoms with van der Waals surface area (Å²) < 4.78 is 20.1. The van der Waals surface area contributed by atoms with E-state index < -0.39 is 0 Å². The summed E-state index contributed by atoms with van der Waals surface area (Å²) in [5.41, 5.74) is 0. The van der Waals surface area contributed by atoms with Crippen molar-refractivity contribution in [2.75, 3.05) is 0 Å². The molecule has 0 unspecified atom stereocenters. The van der Waals surface area contributed by atoms with Crippen molar-refractivity contribution >= 4 is 63.4 Å². The average molecular weight is 362 g/mol. The van der Waals surface area contributed by atoms with Gasteiger partial charge in [0.1, 0.15) is 12.5 Å². The highest BCUT2D eigenvalue weighted by Gasteiger charge is 2.19. The number of ether oxygens (including phenoxy) is 1. The number of benzene rings is 2. The van der Waals surface area contributed by atoms with E-state index in [2.05, 4.69) is 24.3 Å². The van der Waals surface area contributed by atoms with Gasteiger partial charge in [0.05, 0.1) is 10.8 Å². The zero-order valence-corrected chi connectivity index (χ0v) is 14.4. The molecular formula is C20H10O3S2. The fraction of sp³-hybridized carbons (Fsp3) is 0. The molecular weight excluding hydrogens is 352 g/mol. The fourth-order valence-electron chi connectivity index (χ4n) is 3.28. The molecule has 3 nitrogen and oxygen atoms in total. The number of hydrogen-bond donors (Lipinski definition) is 0. The molecule has 6 rings (SSSR count). The van der Waals surface area contributed by atoms with Crippen LogP contribution in [0.2, 0.25) is 0 Å². The minimum atomic E-state index is 0.727. The van der Waals surface area contributed by atoms with Crippen LogP contribution >= 0.6 is 22.7 Å². The van der Waals surface area contributed by atoms with Gasteiger partial charge in [0, 0.05) is 20.2 Å². The molecule has 4 aromatic heterocycles. The predicted molar refractivity (Wildman–Crippen MR) is 103 cm³/mol. The summed E-state index contributed by atoms with van der Waals surface area (Å²) in [6.45, 7) is 0. The van der Waals surface area contributed by atoms with Gasteiger partial charge in [-0.3, -0.25) is 0 Å². The molecule has 0 saturated heterocycles. The Balaban J connectivity index is 1.58. The van der Waals surface area contributed by atoms with Crippen LogP contribution in [0.15, 0.2) is 69.9 Å². The van der Waals surface area contributed by atoms with Crippen LogP contribution < -0.4 is 4.74 Å². The van der Waals surface area contributed by atoms with Gasteiger partial charge in [0.2, 0.25) is 0 Å². The molecule has 0 aliphatic heterocycles. The molecule has 5 heteroatoms. The van der Waals surface area contributed by atoms with E-state index in [-0.39, 0.29) is 0 Å². The fourth-order valence-corrected chi connectivity index (χ4v) is 5.35. The maximum Gasteiger partial charge on any atom is 0.192 e. The van der Waals surface area contributed by atoms with E-state index in [1.807, 2.05) is 24.3 Å². The normalized spacial score (nSPS) is 12.0. The molecule has 0 amide bonds. The largest absolute Gasteiger partial charge is 0.450 e. The second-order valence-corrected chi connectivity index (χ2v) is 7.85. The predicted octanol–water partition coefficient (Wildman–Crippen LogP) is 7.40. The monoisotopic (exact) mass is 362 g/mol. The first-order chi connectivity index (χ1) is 12.4. The summed E-state index contributed by atoms with van der Waals surface area (Å²) in [6.07, 6.45) is 3.36. The number of fused-ring (bicyclic) bond motifs is 6. The summed E-state index contributed by atoms with van der Waals surface area (Å²) >= 11 is 3.27. The zero-order valence-electron chi connectivity index (χ0n) is 12.8. The van der Waals surface area contributed by atoms with Gasteiger partial charge in [-0.25, -0.2) is 0 Å². The minimum absolute atomic E-state index is 0.727. The van der Waals surface area contributed by atoms with E-state index in [4.69, 9.17) is 13.6 Å².